The number of nitrogens with one attached hydrogen (secondary N) is 1. The summed E-state index contributed by atoms with van der Waals surface area (Å²) in [6.07, 6.45) is 4.23. The molecule has 1 aliphatic heterocycles. The number of benzene rings is 1. The molecule has 7 heteroatoms. The number of carbonyl (C=O) groups excluding carboxylic acids is 1. The van der Waals surface area contributed by atoms with E-state index in [-0.39, 0.29) is 18.5 Å². The summed E-state index contributed by atoms with van der Waals surface area (Å²) in [5.74, 6) is 0.446. The van der Waals surface area contributed by atoms with Crippen molar-refractivity contribution in [2.45, 2.75) is 25.0 Å². The van der Waals surface area contributed by atoms with Gasteiger partial charge in [0.2, 0.25) is 11.9 Å². The van der Waals surface area contributed by atoms with Crippen LogP contribution < -0.4 is 10.2 Å². The molecular weight excluding hydrogens is 328 g/mol. The van der Waals surface area contributed by atoms with Crippen LogP contribution in [0.25, 0.3) is 0 Å². The number of aromatic nitrogens is 2. The number of aliphatic hydroxyl groups is 1. The quantitative estimate of drug-likeness (QED) is 0.865. The highest BCUT2D eigenvalue weighted by atomic mass is 35.5. The molecule has 1 fully saturated rings. The van der Waals surface area contributed by atoms with Gasteiger partial charge in [-0.15, -0.1) is 0 Å². The van der Waals surface area contributed by atoms with E-state index in [1.807, 2.05) is 4.90 Å². The zero-order chi connectivity index (χ0) is 16.9. The smallest absolute Gasteiger partial charge is 0.242 e. The molecule has 1 aromatic heterocycles. The van der Waals surface area contributed by atoms with Crippen molar-refractivity contribution in [1.82, 2.24) is 15.3 Å². The Bertz CT molecular complexity index is 681. The minimum absolute atomic E-state index is 0.118. The summed E-state index contributed by atoms with van der Waals surface area (Å²) in [6, 6.07) is 8.38. The van der Waals surface area contributed by atoms with E-state index < -0.39 is 6.10 Å². The molecule has 0 saturated carbocycles. The molecule has 24 heavy (non-hydrogen) atoms. The predicted octanol–water partition coefficient (Wildman–Crippen LogP) is 1.95. The molecule has 2 aromatic rings. The molecule has 2 heterocycles. The molecule has 2 N–H and O–H groups in total. The van der Waals surface area contributed by atoms with Gasteiger partial charge >= 0.3 is 0 Å². The number of halogens is 1. The maximum Gasteiger partial charge on any atom is 0.242 e. The number of hydrogen-bond acceptors (Lipinski definition) is 5. The summed E-state index contributed by atoms with van der Waals surface area (Å²) in [5.41, 5.74) is 0.717. The lowest BCUT2D eigenvalue weighted by Gasteiger charge is -2.24. The van der Waals surface area contributed by atoms with Crippen LogP contribution in [-0.4, -0.2) is 40.1 Å². The van der Waals surface area contributed by atoms with Crippen LogP contribution in [0, 0.1) is 0 Å². The van der Waals surface area contributed by atoms with Crippen LogP contribution in [0.15, 0.2) is 42.7 Å². The monoisotopic (exact) mass is 346 g/mol. The Morgan fingerprint density at radius 3 is 2.75 bits per heavy atom. The molecular formula is C17H19ClN4O2. The van der Waals surface area contributed by atoms with Gasteiger partial charge in [-0.05, 0) is 36.6 Å². The SMILES string of the molecule is O=C(NC[C@H](O)c1ccc(Cl)cc1)[C@H]1CCCN1c1ncccn1. The zero-order valence-electron chi connectivity index (χ0n) is 13.1. The van der Waals surface area contributed by atoms with Crippen molar-refractivity contribution in [2.75, 3.05) is 18.0 Å². The molecule has 3 rings (SSSR count). The van der Waals surface area contributed by atoms with Crippen LogP contribution in [0.2, 0.25) is 5.02 Å². The van der Waals surface area contributed by atoms with Crippen molar-refractivity contribution in [3.05, 3.63) is 53.3 Å². The Morgan fingerprint density at radius 1 is 1.33 bits per heavy atom. The standard InChI is InChI=1S/C17H19ClN4O2/c18-13-6-4-12(5-7-13)15(23)11-21-16(24)14-3-1-10-22(14)17-19-8-2-9-20-17/h2,4-9,14-15,23H,1,3,10-11H2,(H,21,24)/t14-,15+/m1/s1. The van der Waals surface area contributed by atoms with E-state index in [2.05, 4.69) is 15.3 Å². The fourth-order valence-electron chi connectivity index (χ4n) is 2.84. The van der Waals surface area contributed by atoms with Crippen LogP contribution in [0.5, 0.6) is 0 Å². The van der Waals surface area contributed by atoms with Gasteiger partial charge in [0.1, 0.15) is 6.04 Å². The Kier molecular flexibility index (Phi) is 5.27. The first kappa shape index (κ1) is 16.7. The minimum atomic E-state index is -0.769. The molecule has 0 bridgehead atoms. The number of rotatable bonds is 5. The first-order valence-corrected chi connectivity index (χ1v) is 8.28. The van der Waals surface area contributed by atoms with Crippen molar-refractivity contribution in [1.29, 1.82) is 0 Å². The normalized spacial score (nSPS) is 18.4. The fourth-order valence-corrected chi connectivity index (χ4v) is 2.96. The van der Waals surface area contributed by atoms with Crippen molar-refractivity contribution in [3.63, 3.8) is 0 Å². The Balaban J connectivity index is 1.59. The van der Waals surface area contributed by atoms with Crippen LogP contribution in [0.1, 0.15) is 24.5 Å². The summed E-state index contributed by atoms with van der Waals surface area (Å²) in [7, 11) is 0. The maximum atomic E-state index is 12.5. The van der Waals surface area contributed by atoms with Crippen molar-refractivity contribution in [2.24, 2.45) is 0 Å². The van der Waals surface area contributed by atoms with Gasteiger partial charge in [-0.3, -0.25) is 4.79 Å². The van der Waals surface area contributed by atoms with E-state index in [9.17, 15) is 9.90 Å². The van der Waals surface area contributed by atoms with E-state index in [4.69, 9.17) is 11.6 Å². The molecule has 0 unspecified atom stereocenters. The van der Waals surface area contributed by atoms with E-state index in [0.717, 1.165) is 24.9 Å². The summed E-state index contributed by atoms with van der Waals surface area (Å²) in [4.78, 5) is 22.8. The number of carbonyl (C=O) groups is 1. The van der Waals surface area contributed by atoms with Gasteiger partial charge in [-0.1, -0.05) is 23.7 Å². The third-order valence-corrected chi connectivity index (χ3v) is 4.34. The molecule has 1 aromatic carbocycles. The average molecular weight is 347 g/mol. The molecule has 6 nitrogen and oxygen atoms in total. The van der Waals surface area contributed by atoms with Crippen LogP contribution in [0.3, 0.4) is 0 Å². The second kappa shape index (κ2) is 7.59. The first-order chi connectivity index (χ1) is 11.6. The maximum absolute atomic E-state index is 12.5. The summed E-state index contributed by atoms with van der Waals surface area (Å²) < 4.78 is 0. The molecule has 126 valence electrons. The van der Waals surface area contributed by atoms with Gasteiger partial charge in [-0.25, -0.2) is 9.97 Å². The number of hydrogen-bond donors (Lipinski definition) is 2. The summed E-state index contributed by atoms with van der Waals surface area (Å²) in [5, 5.41) is 13.6. The number of anilines is 1. The first-order valence-electron chi connectivity index (χ1n) is 7.90. The predicted molar refractivity (Wildman–Crippen MR) is 91.8 cm³/mol. The van der Waals surface area contributed by atoms with Gasteiger partial charge in [0.15, 0.2) is 0 Å². The Hall–Kier alpha value is -2.18. The number of aliphatic hydroxyl groups excluding tert-OH is 1. The molecule has 0 spiro atoms. The topological polar surface area (TPSA) is 78.4 Å². The van der Waals surface area contributed by atoms with Crippen molar-refractivity contribution < 1.29 is 9.90 Å². The highest BCUT2D eigenvalue weighted by Crippen LogP contribution is 2.22. The van der Waals surface area contributed by atoms with Crippen LogP contribution in [0.4, 0.5) is 5.95 Å². The van der Waals surface area contributed by atoms with E-state index in [1.165, 1.54) is 0 Å². The van der Waals surface area contributed by atoms with Crippen molar-refractivity contribution in [3.8, 4) is 0 Å². The van der Waals surface area contributed by atoms with Gasteiger partial charge in [0, 0.05) is 30.5 Å². The highest BCUT2D eigenvalue weighted by Gasteiger charge is 2.32. The number of nitrogens with zero attached hydrogens (tertiary/aromatic N) is 3. The van der Waals surface area contributed by atoms with Crippen LogP contribution >= 0.6 is 11.6 Å². The third-order valence-electron chi connectivity index (χ3n) is 4.09. The summed E-state index contributed by atoms with van der Waals surface area (Å²) >= 11 is 5.84. The molecule has 1 saturated heterocycles. The third kappa shape index (κ3) is 3.83. The average Bonchev–Trinajstić information content (AvgIpc) is 3.10. The molecule has 2 atom stereocenters. The molecule has 1 aliphatic rings. The molecule has 1 amide bonds. The second-order valence-electron chi connectivity index (χ2n) is 5.71. The second-order valence-corrected chi connectivity index (χ2v) is 6.15. The van der Waals surface area contributed by atoms with Gasteiger partial charge in [0.05, 0.1) is 6.10 Å². The van der Waals surface area contributed by atoms with Gasteiger partial charge < -0.3 is 15.3 Å². The lowest BCUT2D eigenvalue weighted by Crippen LogP contribution is -2.45. The molecule has 0 aliphatic carbocycles. The minimum Gasteiger partial charge on any atom is -0.387 e. The zero-order valence-corrected chi connectivity index (χ0v) is 13.9. The Labute approximate surface area is 145 Å². The van der Waals surface area contributed by atoms with Crippen molar-refractivity contribution >= 4 is 23.5 Å². The van der Waals surface area contributed by atoms with Gasteiger partial charge in [-0.2, -0.15) is 0 Å². The fraction of sp³-hybridized carbons (Fsp3) is 0.353. The van der Waals surface area contributed by atoms with E-state index >= 15 is 0 Å². The largest absolute Gasteiger partial charge is 0.387 e. The Morgan fingerprint density at radius 2 is 2.04 bits per heavy atom. The van der Waals surface area contributed by atoms with Crippen LogP contribution in [-0.2, 0) is 4.79 Å². The van der Waals surface area contributed by atoms with E-state index in [0.29, 0.717) is 11.0 Å². The summed E-state index contributed by atoms with van der Waals surface area (Å²) in [6.45, 7) is 0.905. The lowest BCUT2D eigenvalue weighted by molar-refractivity contribution is -0.122. The van der Waals surface area contributed by atoms with Gasteiger partial charge in [0.25, 0.3) is 0 Å². The number of amides is 1. The van der Waals surface area contributed by atoms with E-state index in [1.54, 1.807) is 42.7 Å². The molecule has 0 radical (unpaired) electrons. The lowest BCUT2D eigenvalue weighted by atomic mass is 10.1. The highest BCUT2D eigenvalue weighted by molar-refractivity contribution is 6.30.